The molecule has 0 bridgehead atoms. The Hall–Kier alpha value is -2.36. The molecule has 0 spiro atoms. The van der Waals surface area contributed by atoms with Crippen molar-refractivity contribution in [2.75, 3.05) is 19.5 Å². The monoisotopic (exact) mass is 442 g/mol. The summed E-state index contributed by atoms with van der Waals surface area (Å²) in [7, 11) is 2.98. The Morgan fingerprint density at radius 3 is 2.50 bits per heavy atom. The molecule has 8 heteroatoms. The number of aryl methyl sites for hydroxylation is 1. The van der Waals surface area contributed by atoms with E-state index in [0.717, 1.165) is 5.56 Å². The van der Waals surface area contributed by atoms with Crippen LogP contribution >= 0.6 is 22.6 Å². The first-order chi connectivity index (χ1) is 11.4. The van der Waals surface area contributed by atoms with Gasteiger partial charge in [-0.1, -0.05) is 6.07 Å². The second-order valence-corrected chi connectivity index (χ2v) is 6.09. The maximum Gasteiger partial charge on any atom is 0.293 e. The van der Waals surface area contributed by atoms with E-state index < -0.39 is 10.8 Å². The lowest BCUT2D eigenvalue weighted by Crippen LogP contribution is -2.14. The molecule has 0 aliphatic heterocycles. The largest absolute Gasteiger partial charge is 0.493 e. The molecule has 0 fully saturated rings. The molecular formula is C16H15IN2O5. The Labute approximate surface area is 152 Å². The zero-order valence-corrected chi connectivity index (χ0v) is 15.4. The van der Waals surface area contributed by atoms with Gasteiger partial charge in [0.15, 0.2) is 11.5 Å². The number of carbonyl (C=O) groups excluding carboxylic acids is 1. The highest BCUT2D eigenvalue weighted by molar-refractivity contribution is 14.1. The third-order valence-electron chi connectivity index (χ3n) is 3.29. The molecule has 1 N–H and O–H groups in total. The van der Waals surface area contributed by atoms with Crippen LogP contribution in [0.25, 0.3) is 0 Å². The Morgan fingerprint density at radius 1 is 1.21 bits per heavy atom. The Balaban J connectivity index is 2.38. The number of halogens is 1. The van der Waals surface area contributed by atoms with Gasteiger partial charge in [-0.15, -0.1) is 0 Å². The number of nitro benzene ring substituents is 1. The Morgan fingerprint density at radius 2 is 1.92 bits per heavy atom. The van der Waals surface area contributed by atoms with Crippen molar-refractivity contribution >= 4 is 39.9 Å². The van der Waals surface area contributed by atoms with Crippen molar-refractivity contribution in [2.45, 2.75) is 6.92 Å². The highest BCUT2D eigenvalue weighted by Gasteiger charge is 2.19. The second-order valence-electron chi connectivity index (χ2n) is 4.93. The summed E-state index contributed by atoms with van der Waals surface area (Å²) in [4.78, 5) is 23.1. The highest BCUT2D eigenvalue weighted by atomic mass is 127. The van der Waals surface area contributed by atoms with Gasteiger partial charge in [-0.05, 0) is 53.3 Å². The average molecular weight is 442 g/mol. The van der Waals surface area contributed by atoms with Crippen LogP contribution in [0.2, 0.25) is 0 Å². The van der Waals surface area contributed by atoms with Crippen LogP contribution in [0.1, 0.15) is 15.9 Å². The molecule has 126 valence electrons. The van der Waals surface area contributed by atoms with Gasteiger partial charge in [-0.25, -0.2) is 0 Å². The van der Waals surface area contributed by atoms with Crippen LogP contribution in [0.3, 0.4) is 0 Å². The normalized spacial score (nSPS) is 10.2. The molecule has 1 amide bonds. The number of benzene rings is 2. The summed E-state index contributed by atoms with van der Waals surface area (Å²) in [5.74, 6) is 0.463. The van der Waals surface area contributed by atoms with Crippen LogP contribution in [-0.2, 0) is 0 Å². The lowest BCUT2D eigenvalue weighted by molar-refractivity contribution is -0.384. The van der Waals surface area contributed by atoms with E-state index in [1.165, 1.54) is 32.4 Å². The summed E-state index contributed by atoms with van der Waals surface area (Å²) in [6.07, 6.45) is 0. The SMILES string of the molecule is COc1cc(C(=O)Nc2ccc(C)cc2[N+](=O)[O-])cc(I)c1OC. The number of carbonyl (C=O) groups is 1. The van der Waals surface area contributed by atoms with E-state index in [4.69, 9.17) is 9.47 Å². The van der Waals surface area contributed by atoms with Gasteiger partial charge in [0.25, 0.3) is 11.6 Å². The average Bonchev–Trinajstić information content (AvgIpc) is 2.55. The standard InChI is InChI=1S/C16H15IN2O5/c1-9-4-5-12(13(6-9)19(21)22)18-16(20)10-7-11(17)15(24-3)14(8-10)23-2/h4-8H,1-3H3,(H,18,20). The summed E-state index contributed by atoms with van der Waals surface area (Å²) in [5, 5.41) is 13.7. The van der Waals surface area contributed by atoms with Crippen LogP contribution in [0.15, 0.2) is 30.3 Å². The van der Waals surface area contributed by atoms with E-state index in [2.05, 4.69) is 5.32 Å². The van der Waals surface area contributed by atoms with Gasteiger partial charge in [0.2, 0.25) is 0 Å². The van der Waals surface area contributed by atoms with Gasteiger partial charge < -0.3 is 14.8 Å². The van der Waals surface area contributed by atoms with E-state index in [0.29, 0.717) is 20.6 Å². The molecule has 2 rings (SSSR count). The molecule has 0 saturated carbocycles. The van der Waals surface area contributed by atoms with Crippen molar-refractivity contribution < 1.29 is 19.2 Å². The summed E-state index contributed by atoms with van der Waals surface area (Å²) in [6.45, 7) is 1.75. The van der Waals surface area contributed by atoms with Crippen LogP contribution in [0.5, 0.6) is 11.5 Å². The number of nitrogens with zero attached hydrogens (tertiary/aromatic N) is 1. The van der Waals surface area contributed by atoms with Gasteiger partial charge in [-0.2, -0.15) is 0 Å². The molecule has 0 unspecified atom stereocenters. The summed E-state index contributed by atoms with van der Waals surface area (Å²) in [5.41, 5.74) is 1.03. The summed E-state index contributed by atoms with van der Waals surface area (Å²) < 4.78 is 11.1. The van der Waals surface area contributed by atoms with Gasteiger partial charge in [0.1, 0.15) is 5.69 Å². The van der Waals surface area contributed by atoms with E-state index in [-0.39, 0.29) is 11.4 Å². The molecule has 7 nitrogen and oxygen atoms in total. The lowest BCUT2D eigenvalue weighted by Gasteiger charge is -2.12. The fraction of sp³-hybridized carbons (Fsp3) is 0.188. The first-order valence-electron chi connectivity index (χ1n) is 6.85. The van der Waals surface area contributed by atoms with Crippen LogP contribution in [0, 0.1) is 20.6 Å². The molecule has 24 heavy (non-hydrogen) atoms. The fourth-order valence-electron chi connectivity index (χ4n) is 2.14. The number of amides is 1. The second kappa shape index (κ2) is 7.47. The van der Waals surface area contributed by atoms with Gasteiger partial charge >= 0.3 is 0 Å². The molecule has 2 aromatic rings. The topological polar surface area (TPSA) is 90.7 Å². The molecule has 0 aliphatic rings. The summed E-state index contributed by atoms with van der Waals surface area (Å²) >= 11 is 2.03. The molecule has 0 heterocycles. The smallest absolute Gasteiger partial charge is 0.293 e. The Kier molecular flexibility index (Phi) is 5.60. The number of ether oxygens (including phenoxy) is 2. The predicted molar refractivity (Wildman–Crippen MR) is 98.0 cm³/mol. The molecule has 0 saturated heterocycles. The van der Waals surface area contributed by atoms with E-state index in [9.17, 15) is 14.9 Å². The third-order valence-corrected chi connectivity index (χ3v) is 4.10. The maximum atomic E-state index is 12.5. The van der Waals surface area contributed by atoms with Crippen molar-refractivity contribution in [3.05, 3.63) is 55.1 Å². The fourth-order valence-corrected chi connectivity index (χ4v) is 2.96. The van der Waals surface area contributed by atoms with Crippen LogP contribution < -0.4 is 14.8 Å². The van der Waals surface area contributed by atoms with Gasteiger partial charge in [0.05, 0.1) is 22.7 Å². The number of hydrogen-bond donors (Lipinski definition) is 1. The first kappa shape index (κ1) is 18.0. The highest BCUT2D eigenvalue weighted by Crippen LogP contribution is 2.34. The van der Waals surface area contributed by atoms with Crippen molar-refractivity contribution in [3.63, 3.8) is 0 Å². The van der Waals surface area contributed by atoms with Crippen LogP contribution in [0.4, 0.5) is 11.4 Å². The van der Waals surface area contributed by atoms with E-state index >= 15 is 0 Å². The van der Waals surface area contributed by atoms with E-state index in [1.807, 2.05) is 22.6 Å². The number of nitrogens with one attached hydrogen (secondary N) is 1. The van der Waals surface area contributed by atoms with Crippen molar-refractivity contribution in [3.8, 4) is 11.5 Å². The zero-order valence-electron chi connectivity index (χ0n) is 13.3. The van der Waals surface area contributed by atoms with Crippen molar-refractivity contribution in [1.82, 2.24) is 0 Å². The minimum absolute atomic E-state index is 0.139. The first-order valence-corrected chi connectivity index (χ1v) is 7.93. The quantitative estimate of drug-likeness (QED) is 0.433. The third kappa shape index (κ3) is 3.75. The summed E-state index contributed by atoms with van der Waals surface area (Å²) in [6, 6.07) is 7.76. The lowest BCUT2D eigenvalue weighted by atomic mass is 10.1. The minimum atomic E-state index is -0.527. The van der Waals surface area contributed by atoms with Gasteiger partial charge in [-0.3, -0.25) is 14.9 Å². The number of methoxy groups -OCH3 is 2. The van der Waals surface area contributed by atoms with Crippen molar-refractivity contribution in [1.29, 1.82) is 0 Å². The maximum absolute atomic E-state index is 12.5. The minimum Gasteiger partial charge on any atom is -0.493 e. The number of anilines is 1. The molecule has 2 aromatic carbocycles. The van der Waals surface area contributed by atoms with E-state index in [1.54, 1.807) is 19.1 Å². The predicted octanol–water partition coefficient (Wildman–Crippen LogP) is 3.78. The number of nitro groups is 1. The Bertz CT molecular complexity index is 807. The zero-order chi connectivity index (χ0) is 17.9. The van der Waals surface area contributed by atoms with Crippen molar-refractivity contribution in [2.24, 2.45) is 0 Å². The molecule has 0 aromatic heterocycles. The molecule has 0 atom stereocenters. The number of rotatable bonds is 5. The van der Waals surface area contributed by atoms with Gasteiger partial charge in [0, 0.05) is 11.6 Å². The molecule has 0 radical (unpaired) electrons. The number of hydrogen-bond acceptors (Lipinski definition) is 5. The molecular weight excluding hydrogens is 427 g/mol. The van der Waals surface area contributed by atoms with Crippen LogP contribution in [-0.4, -0.2) is 25.1 Å². The molecule has 0 aliphatic carbocycles.